The number of anilines is 1. The first-order valence-corrected chi connectivity index (χ1v) is 6.42. The summed E-state index contributed by atoms with van der Waals surface area (Å²) in [5.41, 5.74) is 3.50. The van der Waals surface area contributed by atoms with E-state index in [1.54, 1.807) is 19.2 Å². The molecule has 0 atom stereocenters. The van der Waals surface area contributed by atoms with Crippen LogP contribution in [0.1, 0.15) is 18.1 Å². The summed E-state index contributed by atoms with van der Waals surface area (Å²) >= 11 is 0. The van der Waals surface area contributed by atoms with Gasteiger partial charge in [0.2, 0.25) is 0 Å². The standard InChI is InChI=1S/C16H19NO2/c1-3-12-6-4-5-7-13(12)11-17-14-8-9-16(19-2)15(18)10-14/h4-10,17-18H,3,11H2,1-2H3. The van der Waals surface area contributed by atoms with Gasteiger partial charge in [-0.3, -0.25) is 0 Å². The molecule has 2 N–H and O–H groups in total. The molecule has 0 saturated heterocycles. The Balaban J connectivity index is 2.08. The average Bonchev–Trinajstić information content (AvgIpc) is 2.45. The molecular weight excluding hydrogens is 238 g/mol. The van der Waals surface area contributed by atoms with Gasteiger partial charge in [0.15, 0.2) is 11.5 Å². The minimum absolute atomic E-state index is 0.149. The summed E-state index contributed by atoms with van der Waals surface area (Å²) in [4.78, 5) is 0. The highest BCUT2D eigenvalue weighted by Crippen LogP contribution is 2.28. The summed E-state index contributed by atoms with van der Waals surface area (Å²) in [6.45, 7) is 2.90. The van der Waals surface area contributed by atoms with Gasteiger partial charge in [-0.1, -0.05) is 31.2 Å². The Hall–Kier alpha value is -2.16. The van der Waals surface area contributed by atoms with E-state index in [9.17, 15) is 5.11 Å². The Morgan fingerprint density at radius 1 is 1.11 bits per heavy atom. The van der Waals surface area contributed by atoms with Crippen LogP contribution in [0.4, 0.5) is 5.69 Å². The van der Waals surface area contributed by atoms with Gasteiger partial charge in [0.25, 0.3) is 0 Å². The van der Waals surface area contributed by atoms with Gasteiger partial charge in [0, 0.05) is 18.3 Å². The van der Waals surface area contributed by atoms with E-state index in [1.807, 2.05) is 12.1 Å². The first-order valence-electron chi connectivity index (χ1n) is 6.42. The lowest BCUT2D eigenvalue weighted by Gasteiger charge is -2.11. The van der Waals surface area contributed by atoms with E-state index in [-0.39, 0.29) is 5.75 Å². The lowest BCUT2D eigenvalue weighted by atomic mass is 10.1. The third-order valence-electron chi connectivity index (χ3n) is 3.16. The SMILES string of the molecule is CCc1ccccc1CNc1ccc(OC)c(O)c1. The van der Waals surface area contributed by atoms with Crippen LogP contribution in [-0.4, -0.2) is 12.2 Å². The van der Waals surface area contributed by atoms with Crippen LogP contribution >= 0.6 is 0 Å². The molecule has 0 radical (unpaired) electrons. The van der Waals surface area contributed by atoms with Gasteiger partial charge >= 0.3 is 0 Å². The number of methoxy groups -OCH3 is 1. The molecule has 100 valence electrons. The van der Waals surface area contributed by atoms with E-state index in [0.717, 1.165) is 18.7 Å². The summed E-state index contributed by atoms with van der Waals surface area (Å²) < 4.78 is 5.02. The first kappa shape index (κ1) is 13.3. The van der Waals surface area contributed by atoms with Crippen LogP contribution in [0.25, 0.3) is 0 Å². The monoisotopic (exact) mass is 257 g/mol. The molecule has 0 aromatic heterocycles. The fourth-order valence-corrected chi connectivity index (χ4v) is 2.07. The van der Waals surface area contributed by atoms with Crippen molar-refractivity contribution in [2.75, 3.05) is 12.4 Å². The van der Waals surface area contributed by atoms with Gasteiger partial charge in [0.05, 0.1) is 7.11 Å². The molecule has 0 bridgehead atoms. The molecule has 0 amide bonds. The molecule has 0 spiro atoms. The van der Waals surface area contributed by atoms with Crippen molar-refractivity contribution in [1.29, 1.82) is 0 Å². The Morgan fingerprint density at radius 3 is 2.47 bits per heavy atom. The Bertz CT molecular complexity index is 552. The molecule has 0 heterocycles. The molecule has 0 aliphatic carbocycles. The van der Waals surface area contributed by atoms with Crippen molar-refractivity contribution in [1.82, 2.24) is 0 Å². The zero-order valence-electron chi connectivity index (χ0n) is 11.3. The van der Waals surface area contributed by atoms with Crippen molar-refractivity contribution in [3.05, 3.63) is 53.6 Å². The maximum atomic E-state index is 9.72. The molecule has 2 aromatic rings. The van der Waals surface area contributed by atoms with Crippen molar-refractivity contribution in [2.45, 2.75) is 19.9 Å². The topological polar surface area (TPSA) is 41.5 Å². The number of benzene rings is 2. The molecule has 0 fully saturated rings. The van der Waals surface area contributed by atoms with Gasteiger partial charge in [-0.05, 0) is 29.7 Å². The van der Waals surface area contributed by atoms with Crippen LogP contribution in [0.5, 0.6) is 11.5 Å². The smallest absolute Gasteiger partial charge is 0.160 e. The second-order valence-corrected chi connectivity index (χ2v) is 4.36. The minimum atomic E-state index is 0.149. The normalized spacial score (nSPS) is 10.2. The number of nitrogens with one attached hydrogen (secondary N) is 1. The molecule has 0 aliphatic heterocycles. The van der Waals surface area contributed by atoms with E-state index in [2.05, 4.69) is 30.4 Å². The summed E-state index contributed by atoms with van der Waals surface area (Å²) in [6, 6.07) is 13.7. The van der Waals surface area contributed by atoms with Crippen LogP contribution in [0, 0.1) is 0 Å². The Labute approximate surface area is 113 Å². The summed E-state index contributed by atoms with van der Waals surface area (Å²) in [5.74, 6) is 0.635. The lowest BCUT2D eigenvalue weighted by molar-refractivity contribution is 0.373. The molecule has 0 unspecified atom stereocenters. The van der Waals surface area contributed by atoms with E-state index in [1.165, 1.54) is 11.1 Å². The molecule has 3 heteroatoms. The lowest BCUT2D eigenvalue weighted by Crippen LogP contribution is -2.02. The van der Waals surface area contributed by atoms with Gasteiger partial charge in [0.1, 0.15) is 0 Å². The average molecular weight is 257 g/mol. The second kappa shape index (κ2) is 6.14. The number of phenols is 1. The van der Waals surface area contributed by atoms with E-state index >= 15 is 0 Å². The number of hydrogen-bond acceptors (Lipinski definition) is 3. The third kappa shape index (κ3) is 3.19. The number of aromatic hydroxyl groups is 1. The first-order chi connectivity index (χ1) is 9.24. The van der Waals surface area contributed by atoms with Crippen molar-refractivity contribution in [3.63, 3.8) is 0 Å². The van der Waals surface area contributed by atoms with Gasteiger partial charge in [-0.25, -0.2) is 0 Å². The van der Waals surface area contributed by atoms with Crippen LogP contribution in [-0.2, 0) is 13.0 Å². The zero-order valence-corrected chi connectivity index (χ0v) is 11.3. The van der Waals surface area contributed by atoms with Crippen molar-refractivity contribution >= 4 is 5.69 Å². The van der Waals surface area contributed by atoms with Crippen LogP contribution in [0.3, 0.4) is 0 Å². The highest BCUT2D eigenvalue weighted by Gasteiger charge is 2.03. The quantitative estimate of drug-likeness (QED) is 0.860. The number of rotatable bonds is 5. The van der Waals surface area contributed by atoms with Gasteiger partial charge in [-0.2, -0.15) is 0 Å². The zero-order chi connectivity index (χ0) is 13.7. The predicted molar refractivity (Wildman–Crippen MR) is 77.8 cm³/mol. The largest absolute Gasteiger partial charge is 0.504 e. The van der Waals surface area contributed by atoms with Crippen molar-refractivity contribution in [3.8, 4) is 11.5 Å². The third-order valence-corrected chi connectivity index (χ3v) is 3.16. The number of hydrogen-bond donors (Lipinski definition) is 2. The summed E-state index contributed by atoms with van der Waals surface area (Å²) in [5, 5.41) is 13.0. The molecule has 0 saturated carbocycles. The summed E-state index contributed by atoms with van der Waals surface area (Å²) in [6.07, 6.45) is 1.02. The summed E-state index contributed by atoms with van der Waals surface area (Å²) in [7, 11) is 1.54. The van der Waals surface area contributed by atoms with E-state index < -0.39 is 0 Å². The molecule has 2 rings (SSSR count). The Morgan fingerprint density at radius 2 is 1.84 bits per heavy atom. The maximum absolute atomic E-state index is 9.72. The van der Waals surface area contributed by atoms with Gasteiger partial charge < -0.3 is 15.2 Å². The molecule has 3 nitrogen and oxygen atoms in total. The number of aryl methyl sites for hydroxylation is 1. The van der Waals surface area contributed by atoms with Crippen LogP contribution in [0.2, 0.25) is 0 Å². The molecular formula is C16H19NO2. The van der Waals surface area contributed by atoms with E-state index in [0.29, 0.717) is 5.75 Å². The van der Waals surface area contributed by atoms with Crippen LogP contribution < -0.4 is 10.1 Å². The highest BCUT2D eigenvalue weighted by molar-refractivity contribution is 5.54. The van der Waals surface area contributed by atoms with Crippen molar-refractivity contribution < 1.29 is 9.84 Å². The minimum Gasteiger partial charge on any atom is -0.504 e. The van der Waals surface area contributed by atoms with Crippen LogP contribution in [0.15, 0.2) is 42.5 Å². The Kier molecular flexibility index (Phi) is 4.29. The van der Waals surface area contributed by atoms with E-state index in [4.69, 9.17) is 4.74 Å². The molecule has 19 heavy (non-hydrogen) atoms. The fourth-order valence-electron chi connectivity index (χ4n) is 2.07. The molecule has 2 aromatic carbocycles. The fraction of sp³-hybridized carbons (Fsp3) is 0.250. The number of ether oxygens (including phenoxy) is 1. The maximum Gasteiger partial charge on any atom is 0.160 e. The predicted octanol–water partition coefficient (Wildman–Crippen LogP) is 3.58. The second-order valence-electron chi connectivity index (χ2n) is 4.36. The van der Waals surface area contributed by atoms with Crippen molar-refractivity contribution in [2.24, 2.45) is 0 Å². The van der Waals surface area contributed by atoms with Gasteiger partial charge in [-0.15, -0.1) is 0 Å². The number of phenolic OH excluding ortho intramolecular Hbond substituents is 1. The highest BCUT2D eigenvalue weighted by atomic mass is 16.5. The molecule has 0 aliphatic rings.